The van der Waals surface area contributed by atoms with E-state index in [0.717, 1.165) is 6.07 Å². The predicted molar refractivity (Wildman–Crippen MR) is 120 cm³/mol. The number of benzene rings is 3. The molecule has 1 aliphatic rings. The molecule has 0 bridgehead atoms. The molecule has 1 aliphatic heterocycles. The van der Waals surface area contributed by atoms with Crippen LogP contribution >= 0.6 is 11.6 Å². The molecule has 4 rings (SSSR count). The Morgan fingerprint density at radius 3 is 2.48 bits per heavy atom. The summed E-state index contributed by atoms with van der Waals surface area (Å²) in [6.45, 7) is 0.305. The maximum Gasteiger partial charge on any atom is 0.238 e. The molecule has 0 aliphatic carbocycles. The molecule has 1 heterocycles. The minimum Gasteiger partial charge on any atom is -0.456 e. The lowest BCUT2D eigenvalue weighted by Crippen LogP contribution is -2.24. The summed E-state index contributed by atoms with van der Waals surface area (Å²) in [4.78, 5) is 14.2. The summed E-state index contributed by atoms with van der Waals surface area (Å²) < 4.78 is 42.6. The highest BCUT2D eigenvalue weighted by Crippen LogP contribution is 2.40. The topological polar surface area (TPSA) is 113 Å². The van der Waals surface area contributed by atoms with Crippen LogP contribution in [0.1, 0.15) is 23.5 Å². The third kappa shape index (κ3) is 4.83. The Kier molecular flexibility index (Phi) is 6.08. The van der Waals surface area contributed by atoms with E-state index in [4.69, 9.17) is 21.5 Å². The first-order chi connectivity index (χ1) is 15.7. The van der Waals surface area contributed by atoms with Crippen molar-refractivity contribution in [2.45, 2.75) is 17.2 Å². The Morgan fingerprint density at radius 1 is 1.09 bits per heavy atom. The van der Waals surface area contributed by atoms with Crippen molar-refractivity contribution in [1.82, 2.24) is 0 Å². The predicted octanol–water partition coefficient (Wildman–Crippen LogP) is 4.31. The molecule has 1 amide bonds. The molecule has 1 atom stereocenters. The fraction of sp³-hybridized carbons (Fsp3) is 0.130. The van der Waals surface area contributed by atoms with E-state index in [1.807, 2.05) is 6.07 Å². The zero-order valence-electron chi connectivity index (χ0n) is 17.0. The first-order valence-electron chi connectivity index (χ1n) is 9.76. The van der Waals surface area contributed by atoms with Gasteiger partial charge in [0.25, 0.3) is 0 Å². The van der Waals surface area contributed by atoms with Gasteiger partial charge in [-0.25, -0.2) is 17.9 Å². The van der Waals surface area contributed by atoms with Crippen LogP contribution in [-0.2, 0) is 14.8 Å². The first-order valence-corrected chi connectivity index (χ1v) is 11.7. The average molecular weight is 486 g/mol. The lowest BCUT2D eigenvalue weighted by molar-refractivity contribution is -0.117. The van der Waals surface area contributed by atoms with Crippen LogP contribution in [0.3, 0.4) is 0 Å². The van der Waals surface area contributed by atoms with Crippen molar-refractivity contribution >= 4 is 33.2 Å². The molecule has 7 nitrogen and oxygen atoms in total. The summed E-state index contributed by atoms with van der Waals surface area (Å²) in [6, 6.07) is 16.2. The van der Waals surface area contributed by atoms with Crippen LogP contribution in [0.4, 0.5) is 10.1 Å². The van der Waals surface area contributed by atoms with Crippen LogP contribution in [0.5, 0.6) is 11.5 Å². The van der Waals surface area contributed by atoms with Gasteiger partial charge in [-0.05, 0) is 48.5 Å². The van der Waals surface area contributed by atoms with Crippen molar-refractivity contribution < 1.29 is 22.3 Å². The van der Waals surface area contributed by atoms with Gasteiger partial charge >= 0.3 is 0 Å². The molecule has 2 N–H and O–H groups in total. The van der Waals surface area contributed by atoms with Gasteiger partial charge in [-0.3, -0.25) is 4.79 Å². The number of nitrogens with zero attached hydrogens (tertiary/aromatic N) is 2. The summed E-state index contributed by atoms with van der Waals surface area (Å²) in [6.07, 6.45) is 0.170. The number of nitriles is 1. The van der Waals surface area contributed by atoms with E-state index >= 15 is 0 Å². The number of amides is 1. The number of carbonyl (C=O) groups excluding carboxylic acids is 1. The maximum absolute atomic E-state index is 13.7. The lowest BCUT2D eigenvalue weighted by Gasteiger charge is -2.19. The molecule has 0 saturated carbocycles. The molecule has 0 spiro atoms. The van der Waals surface area contributed by atoms with Crippen LogP contribution in [0.25, 0.3) is 0 Å². The lowest BCUT2D eigenvalue weighted by atomic mass is 9.97. The van der Waals surface area contributed by atoms with Crippen molar-refractivity contribution in [2.24, 2.45) is 5.14 Å². The first kappa shape index (κ1) is 22.7. The van der Waals surface area contributed by atoms with E-state index in [0.29, 0.717) is 28.6 Å². The number of hydrogen-bond acceptors (Lipinski definition) is 5. The molecule has 33 heavy (non-hydrogen) atoms. The van der Waals surface area contributed by atoms with Gasteiger partial charge in [0.15, 0.2) is 0 Å². The molecule has 1 saturated heterocycles. The molecule has 10 heteroatoms. The number of primary sulfonamides is 1. The van der Waals surface area contributed by atoms with Gasteiger partial charge in [0.1, 0.15) is 23.4 Å². The summed E-state index contributed by atoms with van der Waals surface area (Å²) in [5.41, 5.74) is 1.36. The van der Waals surface area contributed by atoms with E-state index in [2.05, 4.69) is 0 Å². The summed E-state index contributed by atoms with van der Waals surface area (Å²) in [7, 11) is -3.84. The number of hydrogen-bond donors (Lipinski definition) is 1. The molecule has 3 aromatic carbocycles. The highest BCUT2D eigenvalue weighted by Gasteiger charge is 2.33. The third-order valence-electron chi connectivity index (χ3n) is 5.30. The monoisotopic (exact) mass is 485 g/mol. The molecule has 3 aromatic rings. The number of anilines is 1. The van der Waals surface area contributed by atoms with Gasteiger partial charge in [-0.1, -0.05) is 17.7 Å². The Balaban J connectivity index is 1.64. The third-order valence-corrected chi connectivity index (χ3v) is 6.47. The van der Waals surface area contributed by atoms with E-state index in [1.165, 1.54) is 36.4 Å². The van der Waals surface area contributed by atoms with Crippen molar-refractivity contribution in [3.63, 3.8) is 0 Å². The number of ether oxygens (including phenoxy) is 1. The van der Waals surface area contributed by atoms with Gasteiger partial charge in [0, 0.05) is 41.2 Å². The zero-order chi connectivity index (χ0) is 23.8. The maximum atomic E-state index is 13.7. The molecular formula is C23H17ClFN3O4S. The van der Waals surface area contributed by atoms with Crippen molar-refractivity contribution in [1.29, 1.82) is 5.26 Å². The molecule has 168 valence electrons. The molecule has 0 unspecified atom stereocenters. The second-order valence-corrected chi connectivity index (χ2v) is 9.48. The van der Waals surface area contributed by atoms with Gasteiger partial charge < -0.3 is 9.64 Å². The molecular weight excluding hydrogens is 469 g/mol. The second-order valence-electron chi connectivity index (χ2n) is 7.48. The Labute approximate surface area is 194 Å². The Morgan fingerprint density at radius 2 is 1.82 bits per heavy atom. The van der Waals surface area contributed by atoms with E-state index < -0.39 is 15.8 Å². The number of carbonyl (C=O) groups is 1. The molecule has 0 radical (unpaired) electrons. The number of halogens is 2. The van der Waals surface area contributed by atoms with Crippen molar-refractivity contribution in [3.05, 3.63) is 82.6 Å². The number of nitrogens with two attached hydrogens (primary N) is 1. The number of sulfonamides is 1. The van der Waals surface area contributed by atoms with Crippen LogP contribution in [0, 0.1) is 17.1 Å². The summed E-state index contributed by atoms with van der Waals surface area (Å²) >= 11 is 6.14. The smallest absolute Gasteiger partial charge is 0.238 e. The Hall–Kier alpha value is -3.45. The number of rotatable bonds is 5. The summed E-state index contributed by atoms with van der Waals surface area (Å²) in [5, 5.41) is 14.8. The SMILES string of the molecule is N#Cc1ccc(F)cc1Oc1cc(Cl)ccc1[C@H]1CC(=O)N(c2ccc(S(N)(=O)=O)cc2)C1. The fourth-order valence-corrected chi connectivity index (χ4v) is 4.38. The largest absolute Gasteiger partial charge is 0.456 e. The zero-order valence-corrected chi connectivity index (χ0v) is 18.6. The van der Waals surface area contributed by atoms with Crippen molar-refractivity contribution in [3.8, 4) is 17.6 Å². The van der Waals surface area contributed by atoms with Crippen LogP contribution in [0.15, 0.2) is 65.6 Å². The quantitative estimate of drug-likeness (QED) is 0.578. The second kappa shape index (κ2) is 8.83. The summed E-state index contributed by atoms with van der Waals surface area (Å²) in [5.74, 6) is -0.637. The highest BCUT2D eigenvalue weighted by atomic mass is 35.5. The molecule has 0 aromatic heterocycles. The van der Waals surface area contributed by atoms with E-state index in [1.54, 1.807) is 23.1 Å². The molecule has 1 fully saturated rings. The van der Waals surface area contributed by atoms with Gasteiger partial charge in [-0.15, -0.1) is 0 Å². The minimum absolute atomic E-state index is 0.0424. The van der Waals surface area contributed by atoms with Crippen molar-refractivity contribution in [2.75, 3.05) is 11.4 Å². The average Bonchev–Trinajstić information content (AvgIpc) is 3.15. The fourth-order valence-electron chi connectivity index (χ4n) is 3.71. The van der Waals surface area contributed by atoms with Gasteiger partial charge in [0.05, 0.1) is 10.5 Å². The van der Waals surface area contributed by atoms with Crippen LogP contribution in [0.2, 0.25) is 5.02 Å². The van der Waals surface area contributed by atoms with Crippen LogP contribution < -0.4 is 14.8 Å². The Bertz CT molecular complexity index is 1390. The minimum atomic E-state index is -3.84. The van der Waals surface area contributed by atoms with Gasteiger partial charge in [-0.2, -0.15) is 5.26 Å². The van der Waals surface area contributed by atoms with Gasteiger partial charge in [0.2, 0.25) is 15.9 Å². The highest BCUT2D eigenvalue weighted by molar-refractivity contribution is 7.89. The van der Waals surface area contributed by atoms with E-state index in [9.17, 15) is 22.9 Å². The van der Waals surface area contributed by atoms with Crippen LogP contribution in [-0.4, -0.2) is 20.9 Å². The standard InChI is InChI=1S/C23H17ClFN3O4S/c24-16-2-8-20(22(10-16)32-21-11-17(25)3-1-14(21)12-26)15-9-23(29)28(13-15)18-4-6-19(7-5-18)33(27,30)31/h1-8,10-11,15H,9,13H2,(H2,27,30,31)/t15-/m0/s1. The van der Waals surface area contributed by atoms with E-state index in [-0.39, 0.29) is 34.5 Å². The normalized spacial score (nSPS) is 16.0.